The van der Waals surface area contributed by atoms with Crippen molar-refractivity contribution in [2.24, 2.45) is 0 Å². The molecule has 5 heterocycles. The fraction of sp³-hybridized carbons (Fsp3) is 0.435. The van der Waals surface area contributed by atoms with Crippen LogP contribution in [0.1, 0.15) is 68.1 Å². The lowest BCUT2D eigenvalue weighted by atomic mass is 9.89. The number of aromatic nitrogens is 4. The molecule has 332 valence electrons. The fourth-order valence-corrected chi connectivity index (χ4v) is 10.8. The third kappa shape index (κ3) is 10.0. The van der Waals surface area contributed by atoms with E-state index in [9.17, 15) is 14.2 Å². The van der Waals surface area contributed by atoms with Crippen molar-refractivity contribution in [1.29, 1.82) is 0 Å². The summed E-state index contributed by atoms with van der Waals surface area (Å²) in [6, 6.07) is 13.7. The second kappa shape index (κ2) is 19.0. The number of carbonyl (C=O) groups is 2. The minimum Gasteiger partial charge on any atom is -0.494 e. The maximum atomic E-state index is 15.1. The number of nitrogens with zero attached hydrogens (tertiary/aromatic N) is 7. The van der Waals surface area contributed by atoms with Crippen molar-refractivity contribution in [3.05, 3.63) is 88.0 Å². The SMILES string of the molecule is COc1cc(N2CCC(N3CCN(CCc4ccc(C5CCC(=O)NC5=O)c(F)c4)CC3)CC2)c(C(C)C)cc1Nc1ncc(Br)c(Nc2ccc3nccnc3c2P(C)(C)=O)n1. The number of hydrogen-bond acceptors (Lipinski definition) is 13. The van der Waals surface area contributed by atoms with Crippen LogP contribution in [-0.4, -0.2) is 114 Å². The number of amides is 2. The van der Waals surface area contributed by atoms with E-state index in [0.29, 0.717) is 62.0 Å². The van der Waals surface area contributed by atoms with Crippen molar-refractivity contribution in [2.75, 3.05) is 81.8 Å². The summed E-state index contributed by atoms with van der Waals surface area (Å²) in [7, 11) is -1.10. The van der Waals surface area contributed by atoms with Gasteiger partial charge in [0, 0.05) is 94.2 Å². The highest BCUT2D eigenvalue weighted by Crippen LogP contribution is 2.42. The van der Waals surface area contributed by atoms with Crippen LogP contribution < -0.4 is 30.9 Å². The van der Waals surface area contributed by atoms with Crippen LogP contribution in [0, 0.1) is 5.82 Å². The maximum Gasteiger partial charge on any atom is 0.234 e. The van der Waals surface area contributed by atoms with Gasteiger partial charge in [-0.2, -0.15) is 4.98 Å². The Kier molecular flexibility index (Phi) is 13.4. The van der Waals surface area contributed by atoms with Gasteiger partial charge < -0.3 is 29.7 Å². The van der Waals surface area contributed by atoms with Gasteiger partial charge >= 0.3 is 0 Å². The van der Waals surface area contributed by atoms with Gasteiger partial charge in [0.1, 0.15) is 30.0 Å². The second-order valence-electron chi connectivity index (χ2n) is 17.3. The van der Waals surface area contributed by atoms with Gasteiger partial charge in [-0.1, -0.05) is 26.0 Å². The molecule has 8 rings (SSSR count). The van der Waals surface area contributed by atoms with Crippen LogP contribution in [0.4, 0.5) is 33.2 Å². The van der Waals surface area contributed by atoms with Crippen LogP contribution in [0.15, 0.2) is 65.5 Å². The van der Waals surface area contributed by atoms with Gasteiger partial charge in [0.25, 0.3) is 0 Å². The zero-order chi connectivity index (χ0) is 44.4. The molecule has 0 bridgehead atoms. The first-order valence-corrected chi connectivity index (χ1v) is 25.1. The number of carbonyl (C=O) groups excluding carboxylic acids is 2. The molecule has 2 aromatic heterocycles. The number of fused-ring (bicyclic) bond motifs is 1. The third-order valence-electron chi connectivity index (χ3n) is 12.5. The summed E-state index contributed by atoms with van der Waals surface area (Å²) in [6.45, 7) is 14.5. The number of rotatable bonds is 13. The van der Waals surface area contributed by atoms with Crippen LogP contribution >= 0.6 is 23.1 Å². The van der Waals surface area contributed by atoms with Gasteiger partial charge in [-0.3, -0.25) is 29.8 Å². The van der Waals surface area contributed by atoms with Crippen molar-refractivity contribution in [2.45, 2.75) is 63.8 Å². The predicted octanol–water partition coefficient (Wildman–Crippen LogP) is 7.54. The molecule has 5 aromatic rings. The number of ether oxygens (including phenoxy) is 1. The molecule has 1 atom stereocenters. The molecule has 3 aromatic carbocycles. The largest absolute Gasteiger partial charge is 0.494 e. The number of nitrogens with one attached hydrogen (secondary N) is 3. The molecule has 0 aliphatic carbocycles. The molecule has 0 spiro atoms. The molecule has 0 radical (unpaired) electrons. The van der Waals surface area contributed by atoms with Gasteiger partial charge in [-0.15, -0.1) is 0 Å². The standard InChI is InChI=1S/C46H55BrFN10O4P/c1-28(2)33-25-38(53-46-51-27-34(47)44(55-46)52-37-10-9-36-42(50-16-15-49-36)43(37)63(4,5)61)40(62-3)26-39(33)58-18-13-30(14-19-58)57-22-20-56(21-23-57)17-12-29-6-7-31(35(48)24-29)32-8-11-41(59)54-45(32)60/h6-7,9-10,15-16,24-28,30,32H,8,11-14,17-23H2,1-5H3,(H,54,59,60)(H2,51,52,53,55). The molecule has 3 N–H and O–H groups in total. The molecule has 3 fully saturated rings. The highest BCUT2D eigenvalue weighted by Gasteiger charge is 2.32. The summed E-state index contributed by atoms with van der Waals surface area (Å²) >= 11 is 3.60. The summed E-state index contributed by atoms with van der Waals surface area (Å²) in [5, 5.41) is 9.74. The van der Waals surface area contributed by atoms with Gasteiger partial charge in [-0.05, 0) is 96.3 Å². The third-order valence-corrected chi connectivity index (χ3v) is 14.6. The Morgan fingerprint density at radius 1 is 0.937 bits per heavy atom. The first-order valence-electron chi connectivity index (χ1n) is 21.7. The monoisotopic (exact) mass is 940 g/mol. The number of piperazine rings is 1. The molecule has 3 aliphatic rings. The Morgan fingerprint density at radius 2 is 1.70 bits per heavy atom. The summed E-state index contributed by atoms with van der Waals surface area (Å²) < 4.78 is 35.3. The maximum absolute atomic E-state index is 15.1. The molecule has 1 unspecified atom stereocenters. The van der Waals surface area contributed by atoms with E-state index in [4.69, 9.17) is 9.72 Å². The number of methoxy groups -OCH3 is 1. The van der Waals surface area contributed by atoms with E-state index < -0.39 is 19.0 Å². The first-order chi connectivity index (χ1) is 30.2. The highest BCUT2D eigenvalue weighted by atomic mass is 79.9. The average molecular weight is 942 g/mol. The smallest absolute Gasteiger partial charge is 0.234 e. The quantitative estimate of drug-likeness (QED) is 0.0787. The van der Waals surface area contributed by atoms with Crippen LogP contribution in [0.25, 0.3) is 11.0 Å². The summed E-state index contributed by atoms with van der Waals surface area (Å²) in [6.07, 6.45) is 8.35. The van der Waals surface area contributed by atoms with E-state index in [1.54, 1.807) is 51.2 Å². The molecule has 3 saturated heterocycles. The lowest BCUT2D eigenvalue weighted by molar-refractivity contribution is -0.134. The van der Waals surface area contributed by atoms with Gasteiger partial charge in [0.2, 0.25) is 17.8 Å². The number of imide groups is 1. The molecule has 14 nitrogen and oxygen atoms in total. The van der Waals surface area contributed by atoms with Crippen LogP contribution in [-0.2, 0) is 20.6 Å². The number of piperidine rings is 2. The summed E-state index contributed by atoms with van der Waals surface area (Å²) in [4.78, 5) is 49.7. The lowest BCUT2D eigenvalue weighted by Crippen LogP contribution is -2.53. The average Bonchev–Trinajstić information content (AvgIpc) is 3.26. The topological polar surface area (TPSA) is 158 Å². The molecule has 63 heavy (non-hydrogen) atoms. The second-order valence-corrected chi connectivity index (χ2v) is 21.4. The van der Waals surface area contributed by atoms with Crippen LogP contribution in [0.3, 0.4) is 0 Å². The van der Waals surface area contributed by atoms with E-state index >= 15 is 4.39 Å². The molecule has 2 amide bonds. The minimum absolute atomic E-state index is 0.230. The van der Waals surface area contributed by atoms with E-state index in [1.165, 1.54) is 11.3 Å². The van der Waals surface area contributed by atoms with Crippen LogP contribution in [0.5, 0.6) is 5.75 Å². The predicted molar refractivity (Wildman–Crippen MR) is 250 cm³/mol. The van der Waals surface area contributed by atoms with E-state index in [0.717, 1.165) is 76.3 Å². The van der Waals surface area contributed by atoms with Crippen LogP contribution in [0.2, 0.25) is 0 Å². The summed E-state index contributed by atoms with van der Waals surface area (Å²) in [5.41, 5.74) is 6.32. The van der Waals surface area contributed by atoms with E-state index in [2.05, 4.69) is 87.5 Å². The van der Waals surface area contributed by atoms with E-state index in [-0.39, 0.29) is 24.1 Å². The molecular formula is C46H55BrFN10O4P. The van der Waals surface area contributed by atoms with Crippen molar-refractivity contribution in [3.63, 3.8) is 0 Å². The molecular weight excluding hydrogens is 886 g/mol. The van der Waals surface area contributed by atoms with Crippen molar-refractivity contribution >= 4 is 80.1 Å². The molecule has 17 heteroatoms. The number of hydrogen-bond donors (Lipinski definition) is 3. The minimum atomic E-state index is -2.78. The van der Waals surface area contributed by atoms with Crippen molar-refractivity contribution in [1.82, 2.24) is 35.1 Å². The highest BCUT2D eigenvalue weighted by molar-refractivity contribution is 9.10. The zero-order valence-corrected chi connectivity index (χ0v) is 38.9. The fourth-order valence-electron chi connectivity index (χ4n) is 9.13. The number of halogens is 2. The Bertz CT molecular complexity index is 2560. The van der Waals surface area contributed by atoms with Crippen molar-refractivity contribution in [3.8, 4) is 5.75 Å². The molecule has 0 saturated carbocycles. The zero-order valence-electron chi connectivity index (χ0n) is 36.5. The Labute approximate surface area is 376 Å². The van der Waals surface area contributed by atoms with Crippen molar-refractivity contribution < 1.29 is 23.3 Å². The number of anilines is 5. The molecule has 3 aliphatic heterocycles. The number of benzene rings is 3. The Morgan fingerprint density at radius 3 is 2.40 bits per heavy atom. The van der Waals surface area contributed by atoms with Gasteiger partial charge in [0.15, 0.2) is 0 Å². The summed E-state index contributed by atoms with van der Waals surface area (Å²) in [5.74, 6) is 0.0982. The van der Waals surface area contributed by atoms with E-state index in [1.807, 2.05) is 18.2 Å². The lowest BCUT2D eigenvalue weighted by Gasteiger charge is -2.43. The normalized spacial score (nSPS) is 18.2. The van der Waals surface area contributed by atoms with Gasteiger partial charge in [0.05, 0.1) is 39.7 Å². The Hall–Kier alpha value is -5.02. The van der Waals surface area contributed by atoms with Gasteiger partial charge in [-0.25, -0.2) is 9.37 Å². The first kappa shape index (κ1) is 44.6. The Balaban J connectivity index is 0.879.